The number of rotatable bonds is 2. The Labute approximate surface area is 146 Å². The van der Waals surface area contributed by atoms with Crippen LogP contribution in [0.4, 0.5) is 11.4 Å². The van der Waals surface area contributed by atoms with Crippen LogP contribution in [0.3, 0.4) is 0 Å². The quantitative estimate of drug-likeness (QED) is 0.799. The number of amides is 1. The molecule has 2 atom stereocenters. The van der Waals surface area contributed by atoms with E-state index in [1.54, 1.807) is 13.0 Å². The third-order valence-corrected chi connectivity index (χ3v) is 5.03. The van der Waals surface area contributed by atoms with Crippen LogP contribution in [0.5, 0.6) is 0 Å². The van der Waals surface area contributed by atoms with Crippen molar-refractivity contribution in [1.29, 1.82) is 0 Å². The molecule has 1 amide bonds. The average molecular weight is 349 g/mol. The van der Waals surface area contributed by atoms with Gasteiger partial charge < -0.3 is 10.2 Å². The van der Waals surface area contributed by atoms with Gasteiger partial charge in [0, 0.05) is 18.7 Å². The molecule has 0 saturated carbocycles. The summed E-state index contributed by atoms with van der Waals surface area (Å²) in [5.41, 5.74) is 2.86. The molecule has 3 nitrogen and oxygen atoms in total. The molecule has 120 valence electrons. The fraction of sp³-hybridized carbons (Fsp3) is 0.278. The molecule has 1 heterocycles. The second-order valence-corrected chi connectivity index (χ2v) is 6.62. The fourth-order valence-corrected chi connectivity index (χ4v) is 3.59. The summed E-state index contributed by atoms with van der Waals surface area (Å²) in [7, 11) is 0. The molecule has 1 aliphatic heterocycles. The molecule has 1 aliphatic rings. The minimum absolute atomic E-state index is 0.0594. The summed E-state index contributed by atoms with van der Waals surface area (Å²) in [6, 6.07) is 13.7. The average Bonchev–Trinajstić information content (AvgIpc) is 2.51. The van der Waals surface area contributed by atoms with Crippen LogP contribution in [-0.2, 0) is 4.79 Å². The van der Waals surface area contributed by atoms with Gasteiger partial charge in [0.25, 0.3) is 0 Å². The first kappa shape index (κ1) is 16.2. The van der Waals surface area contributed by atoms with E-state index in [4.69, 9.17) is 23.2 Å². The predicted octanol–water partition coefficient (Wildman–Crippen LogP) is 5.29. The number of para-hydroxylation sites is 1. The normalized spacial score (nSPS) is 20.1. The van der Waals surface area contributed by atoms with Crippen LogP contribution < -0.4 is 10.2 Å². The highest BCUT2D eigenvalue weighted by Crippen LogP contribution is 2.40. The summed E-state index contributed by atoms with van der Waals surface area (Å²) >= 11 is 12.4. The molecule has 5 heteroatoms. The first-order chi connectivity index (χ1) is 11.0. The van der Waals surface area contributed by atoms with Gasteiger partial charge in [0.15, 0.2) is 0 Å². The topological polar surface area (TPSA) is 32.3 Å². The molecule has 0 unspecified atom stereocenters. The molecule has 0 aromatic heterocycles. The largest absolute Gasteiger partial charge is 0.377 e. The number of fused-ring (bicyclic) bond motifs is 1. The van der Waals surface area contributed by atoms with Crippen molar-refractivity contribution in [2.45, 2.75) is 32.4 Å². The summed E-state index contributed by atoms with van der Waals surface area (Å²) in [6.45, 7) is 3.67. The summed E-state index contributed by atoms with van der Waals surface area (Å²) in [5, 5.41) is 4.53. The van der Waals surface area contributed by atoms with Crippen LogP contribution in [-0.4, -0.2) is 11.9 Å². The van der Waals surface area contributed by atoms with Gasteiger partial charge in [-0.15, -0.1) is 0 Å². The van der Waals surface area contributed by atoms with Gasteiger partial charge >= 0.3 is 0 Å². The van der Waals surface area contributed by atoms with Crippen LogP contribution in [0.1, 0.15) is 31.9 Å². The fourth-order valence-electron chi connectivity index (χ4n) is 3.23. The Balaban J connectivity index is 1.99. The number of carbonyl (C=O) groups is 1. The number of benzene rings is 2. The van der Waals surface area contributed by atoms with E-state index in [2.05, 4.69) is 12.2 Å². The number of carbonyl (C=O) groups excluding carboxylic acids is 1. The van der Waals surface area contributed by atoms with Crippen LogP contribution in [0, 0.1) is 0 Å². The smallest absolute Gasteiger partial charge is 0.224 e. The third kappa shape index (κ3) is 3.04. The van der Waals surface area contributed by atoms with Crippen molar-refractivity contribution in [3.05, 3.63) is 58.1 Å². The van der Waals surface area contributed by atoms with Crippen LogP contribution >= 0.6 is 23.2 Å². The molecule has 0 bridgehead atoms. The Morgan fingerprint density at radius 1 is 1.17 bits per heavy atom. The second-order valence-electron chi connectivity index (χ2n) is 5.83. The molecule has 1 N–H and O–H groups in total. The number of hydrogen-bond acceptors (Lipinski definition) is 2. The van der Waals surface area contributed by atoms with Crippen LogP contribution in [0.15, 0.2) is 42.5 Å². The molecular formula is C18H18Cl2N2O. The van der Waals surface area contributed by atoms with E-state index in [1.807, 2.05) is 41.3 Å². The maximum absolute atomic E-state index is 12.0. The minimum Gasteiger partial charge on any atom is -0.377 e. The molecule has 0 fully saturated rings. The first-order valence-electron chi connectivity index (χ1n) is 7.58. The molecular weight excluding hydrogens is 331 g/mol. The van der Waals surface area contributed by atoms with E-state index in [1.165, 1.54) is 0 Å². The SMILES string of the molecule is CC(=O)N1c2ccccc2[C@@H](Nc2cccc(Cl)c2Cl)C[C@H]1C. The van der Waals surface area contributed by atoms with Crippen molar-refractivity contribution in [3.8, 4) is 0 Å². The lowest BCUT2D eigenvalue weighted by molar-refractivity contribution is -0.117. The van der Waals surface area contributed by atoms with Gasteiger partial charge in [-0.25, -0.2) is 0 Å². The van der Waals surface area contributed by atoms with Crippen molar-refractivity contribution in [2.75, 3.05) is 10.2 Å². The Morgan fingerprint density at radius 3 is 2.65 bits per heavy atom. The van der Waals surface area contributed by atoms with Crippen LogP contribution in [0.2, 0.25) is 10.0 Å². The lowest BCUT2D eigenvalue weighted by Gasteiger charge is -2.39. The Morgan fingerprint density at radius 2 is 1.91 bits per heavy atom. The number of anilines is 2. The highest BCUT2D eigenvalue weighted by molar-refractivity contribution is 6.43. The summed E-state index contributed by atoms with van der Waals surface area (Å²) in [5.74, 6) is 0.0594. The zero-order valence-corrected chi connectivity index (χ0v) is 14.5. The Bertz CT molecular complexity index is 748. The van der Waals surface area contributed by atoms with Gasteiger partial charge in [-0.1, -0.05) is 47.5 Å². The van der Waals surface area contributed by atoms with Crippen molar-refractivity contribution < 1.29 is 4.79 Å². The zero-order chi connectivity index (χ0) is 16.6. The zero-order valence-electron chi connectivity index (χ0n) is 13.0. The molecule has 3 rings (SSSR count). The maximum atomic E-state index is 12.0. The second kappa shape index (κ2) is 6.42. The van der Waals surface area contributed by atoms with E-state index >= 15 is 0 Å². The van der Waals surface area contributed by atoms with E-state index in [0.29, 0.717) is 10.0 Å². The molecule has 0 saturated heterocycles. The standard InChI is InChI=1S/C18H18Cl2N2O/c1-11-10-16(21-15-8-5-7-14(19)18(15)20)13-6-3-4-9-17(13)22(11)12(2)23/h3-9,11,16,21H,10H2,1-2H3/t11-,16+/m1/s1. The van der Waals surface area contributed by atoms with Gasteiger partial charge in [-0.3, -0.25) is 4.79 Å². The van der Waals surface area contributed by atoms with Gasteiger partial charge in [-0.05, 0) is 37.1 Å². The molecule has 23 heavy (non-hydrogen) atoms. The van der Waals surface area contributed by atoms with Crippen molar-refractivity contribution in [1.82, 2.24) is 0 Å². The Hall–Kier alpha value is -1.71. The highest BCUT2D eigenvalue weighted by atomic mass is 35.5. The number of halogens is 2. The third-order valence-electron chi connectivity index (χ3n) is 4.21. The van der Waals surface area contributed by atoms with Crippen molar-refractivity contribution in [2.24, 2.45) is 0 Å². The Kier molecular flexibility index (Phi) is 4.51. The maximum Gasteiger partial charge on any atom is 0.224 e. The first-order valence-corrected chi connectivity index (χ1v) is 8.34. The predicted molar refractivity (Wildman–Crippen MR) is 96.5 cm³/mol. The minimum atomic E-state index is 0.0594. The van der Waals surface area contributed by atoms with E-state index < -0.39 is 0 Å². The molecule has 0 spiro atoms. The van der Waals surface area contributed by atoms with E-state index in [9.17, 15) is 4.79 Å². The van der Waals surface area contributed by atoms with Crippen LogP contribution in [0.25, 0.3) is 0 Å². The molecule has 0 aliphatic carbocycles. The van der Waals surface area contributed by atoms with Gasteiger partial charge in [-0.2, -0.15) is 0 Å². The van der Waals surface area contributed by atoms with Crippen molar-refractivity contribution in [3.63, 3.8) is 0 Å². The summed E-state index contributed by atoms with van der Waals surface area (Å²) in [4.78, 5) is 13.9. The monoisotopic (exact) mass is 348 g/mol. The highest BCUT2D eigenvalue weighted by Gasteiger charge is 2.32. The molecule has 2 aromatic carbocycles. The lowest BCUT2D eigenvalue weighted by atomic mass is 9.91. The number of hydrogen-bond donors (Lipinski definition) is 1. The van der Waals surface area contributed by atoms with Crippen molar-refractivity contribution >= 4 is 40.5 Å². The van der Waals surface area contributed by atoms with Gasteiger partial charge in [0.1, 0.15) is 0 Å². The van der Waals surface area contributed by atoms with E-state index in [-0.39, 0.29) is 18.0 Å². The molecule has 2 aromatic rings. The summed E-state index contributed by atoms with van der Waals surface area (Å²) in [6.07, 6.45) is 0.805. The molecule has 0 radical (unpaired) electrons. The number of nitrogens with zero attached hydrogens (tertiary/aromatic N) is 1. The van der Waals surface area contributed by atoms with Gasteiger partial charge in [0.05, 0.1) is 21.8 Å². The van der Waals surface area contributed by atoms with E-state index in [0.717, 1.165) is 23.4 Å². The summed E-state index contributed by atoms with van der Waals surface area (Å²) < 4.78 is 0. The lowest BCUT2D eigenvalue weighted by Crippen LogP contribution is -2.43. The number of nitrogens with one attached hydrogen (secondary N) is 1. The van der Waals surface area contributed by atoms with Gasteiger partial charge in [0.2, 0.25) is 5.91 Å².